The summed E-state index contributed by atoms with van der Waals surface area (Å²) < 4.78 is 7.86. The fourth-order valence-electron chi connectivity index (χ4n) is 1.54. The first-order valence-electron chi connectivity index (χ1n) is 6.37. The molecule has 4 nitrogen and oxygen atoms in total. The predicted molar refractivity (Wildman–Crippen MR) is 69.9 cm³/mol. The van der Waals surface area contributed by atoms with E-state index < -0.39 is 0 Å². The Morgan fingerprint density at radius 1 is 1.41 bits per heavy atom. The molecule has 0 unspecified atom stereocenters. The number of nitrogens with zero attached hydrogens (tertiary/aromatic N) is 2. The second-order valence-corrected chi connectivity index (χ2v) is 5.17. The highest BCUT2D eigenvalue weighted by Crippen LogP contribution is 2.07. The van der Waals surface area contributed by atoms with Gasteiger partial charge in [0.15, 0.2) is 0 Å². The molecule has 1 aromatic rings. The second kappa shape index (κ2) is 6.77. The van der Waals surface area contributed by atoms with Crippen LogP contribution in [0, 0.1) is 0 Å². The number of aromatic nitrogens is 2. The average Bonchev–Trinajstić information content (AvgIpc) is 2.64. The Balaban J connectivity index is 2.35. The maximum atomic E-state index is 5.71. The van der Waals surface area contributed by atoms with Crippen molar-refractivity contribution in [2.45, 2.75) is 52.8 Å². The van der Waals surface area contributed by atoms with Gasteiger partial charge in [-0.15, -0.1) is 0 Å². The van der Waals surface area contributed by atoms with Gasteiger partial charge in [-0.05, 0) is 33.7 Å². The standard InChI is InChI=1S/C13H25N3O/c1-5-6-14-11-12-15-7-8-16(12)9-10-17-13(2,3)4/h7-8,14H,5-6,9-11H2,1-4H3. The molecule has 0 radical (unpaired) electrons. The van der Waals surface area contributed by atoms with Crippen LogP contribution in [0.5, 0.6) is 0 Å². The fraction of sp³-hybridized carbons (Fsp3) is 0.769. The summed E-state index contributed by atoms with van der Waals surface area (Å²) in [5, 5.41) is 3.36. The van der Waals surface area contributed by atoms with Crippen molar-refractivity contribution in [3.8, 4) is 0 Å². The van der Waals surface area contributed by atoms with E-state index in [4.69, 9.17) is 4.74 Å². The van der Waals surface area contributed by atoms with E-state index >= 15 is 0 Å². The van der Waals surface area contributed by atoms with Gasteiger partial charge in [-0.3, -0.25) is 0 Å². The van der Waals surface area contributed by atoms with E-state index in [1.54, 1.807) is 0 Å². The molecule has 1 rings (SSSR count). The van der Waals surface area contributed by atoms with Crippen molar-refractivity contribution in [2.75, 3.05) is 13.2 Å². The number of hydrogen-bond donors (Lipinski definition) is 1. The summed E-state index contributed by atoms with van der Waals surface area (Å²) in [6, 6.07) is 0. The first-order chi connectivity index (χ1) is 8.03. The van der Waals surface area contributed by atoms with Gasteiger partial charge in [-0.1, -0.05) is 6.92 Å². The third-order valence-electron chi connectivity index (χ3n) is 2.38. The normalized spacial score (nSPS) is 12.0. The molecule has 0 aromatic carbocycles. The molecule has 0 aliphatic heterocycles. The molecule has 0 spiro atoms. The minimum absolute atomic E-state index is 0.0682. The van der Waals surface area contributed by atoms with Gasteiger partial charge in [-0.25, -0.2) is 4.98 Å². The van der Waals surface area contributed by atoms with Gasteiger partial charge in [-0.2, -0.15) is 0 Å². The van der Waals surface area contributed by atoms with E-state index in [2.05, 4.69) is 42.6 Å². The lowest BCUT2D eigenvalue weighted by atomic mass is 10.2. The van der Waals surface area contributed by atoms with Crippen LogP contribution < -0.4 is 5.32 Å². The molecule has 1 heterocycles. The van der Waals surface area contributed by atoms with Crippen LogP contribution in [0.15, 0.2) is 12.4 Å². The van der Waals surface area contributed by atoms with Gasteiger partial charge >= 0.3 is 0 Å². The molecule has 1 N–H and O–H groups in total. The molecule has 0 saturated carbocycles. The van der Waals surface area contributed by atoms with Crippen molar-refractivity contribution in [1.82, 2.24) is 14.9 Å². The summed E-state index contributed by atoms with van der Waals surface area (Å²) in [5.41, 5.74) is -0.0682. The molecule has 0 aliphatic rings. The van der Waals surface area contributed by atoms with Crippen molar-refractivity contribution in [1.29, 1.82) is 0 Å². The summed E-state index contributed by atoms with van der Waals surface area (Å²) in [4.78, 5) is 4.35. The predicted octanol–water partition coefficient (Wildman–Crippen LogP) is 2.20. The lowest BCUT2D eigenvalue weighted by Crippen LogP contribution is -2.23. The zero-order chi connectivity index (χ0) is 12.7. The summed E-state index contributed by atoms with van der Waals surface area (Å²) in [7, 11) is 0. The highest BCUT2D eigenvalue weighted by molar-refractivity contribution is 4.91. The lowest BCUT2D eigenvalue weighted by Gasteiger charge is -2.20. The molecular formula is C13H25N3O. The van der Waals surface area contributed by atoms with Crippen molar-refractivity contribution < 1.29 is 4.74 Å². The third kappa shape index (κ3) is 5.84. The van der Waals surface area contributed by atoms with E-state index in [-0.39, 0.29) is 5.60 Å². The maximum Gasteiger partial charge on any atom is 0.122 e. The number of hydrogen-bond acceptors (Lipinski definition) is 3. The Morgan fingerprint density at radius 2 is 2.18 bits per heavy atom. The molecule has 4 heteroatoms. The summed E-state index contributed by atoms with van der Waals surface area (Å²) in [5.74, 6) is 1.08. The van der Waals surface area contributed by atoms with Crippen LogP contribution in [0.3, 0.4) is 0 Å². The summed E-state index contributed by atoms with van der Waals surface area (Å²) in [6.45, 7) is 11.8. The van der Waals surface area contributed by atoms with Gasteiger partial charge in [0.05, 0.1) is 18.8 Å². The smallest absolute Gasteiger partial charge is 0.122 e. The Morgan fingerprint density at radius 3 is 2.82 bits per heavy atom. The lowest BCUT2D eigenvalue weighted by molar-refractivity contribution is -0.00709. The molecule has 0 bridgehead atoms. The number of rotatable bonds is 7. The van der Waals surface area contributed by atoms with Crippen molar-refractivity contribution in [3.05, 3.63) is 18.2 Å². The van der Waals surface area contributed by atoms with E-state index in [0.29, 0.717) is 0 Å². The van der Waals surface area contributed by atoms with Crippen LogP contribution in [-0.2, 0) is 17.8 Å². The van der Waals surface area contributed by atoms with Crippen LogP contribution in [0.25, 0.3) is 0 Å². The number of ether oxygens (including phenoxy) is 1. The Labute approximate surface area is 104 Å². The fourth-order valence-corrected chi connectivity index (χ4v) is 1.54. The average molecular weight is 239 g/mol. The molecular weight excluding hydrogens is 214 g/mol. The monoisotopic (exact) mass is 239 g/mol. The minimum atomic E-state index is -0.0682. The van der Waals surface area contributed by atoms with Crippen LogP contribution >= 0.6 is 0 Å². The van der Waals surface area contributed by atoms with Crippen molar-refractivity contribution >= 4 is 0 Å². The van der Waals surface area contributed by atoms with Crippen LogP contribution in [0.4, 0.5) is 0 Å². The van der Waals surface area contributed by atoms with E-state index in [1.165, 1.54) is 0 Å². The van der Waals surface area contributed by atoms with Gasteiger partial charge in [0.25, 0.3) is 0 Å². The zero-order valence-corrected chi connectivity index (χ0v) is 11.5. The van der Waals surface area contributed by atoms with Gasteiger partial charge < -0.3 is 14.6 Å². The largest absolute Gasteiger partial charge is 0.374 e. The highest BCUT2D eigenvalue weighted by Gasteiger charge is 2.10. The molecule has 0 saturated heterocycles. The van der Waals surface area contributed by atoms with Crippen molar-refractivity contribution in [3.63, 3.8) is 0 Å². The summed E-state index contributed by atoms with van der Waals surface area (Å²) >= 11 is 0. The molecule has 0 amide bonds. The molecule has 0 fully saturated rings. The first kappa shape index (κ1) is 14.2. The van der Waals surface area contributed by atoms with Crippen LogP contribution in [0.1, 0.15) is 39.9 Å². The number of nitrogens with one attached hydrogen (secondary N) is 1. The Kier molecular flexibility index (Phi) is 5.65. The summed E-state index contributed by atoms with van der Waals surface area (Å²) in [6.07, 6.45) is 5.00. The Bertz CT molecular complexity index is 315. The Hall–Kier alpha value is -0.870. The number of imidazole rings is 1. The minimum Gasteiger partial charge on any atom is -0.374 e. The first-order valence-corrected chi connectivity index (χ1v) is 6.37. The van der Waals surface area contributed by atoms with E-state index in [0.717, 1.165) is 38.5 Å². The topological polar surface area (TPSA) is 39.1 Å². The van der Waals surface area contributed by atoms with Gasteiger partial charge in [0.2, 0.25) is 0 Å². The zero-order valence-electron chi connectivity index (χ0n) is 11.5. The van der Waals surface area contributed by atoms with Crippen molar-refractivity contribution in [2.24, 2.45) is 0 Å². The third-order valence-corrected chi connectivity index (χ3v) is 2.38. The highest BCUT2D eigenvalue weighted by atomic mass is 16.5. The van der Waals surface area contributed by atoms with Crippen LogP contribution in [-0.4, -0.2) is 28.3 Å². The van der Waals surface area contributed by atoms with E-state index in [1.807, 2.05) is 12.4 Å². The molecule has 0 aliphatic carbocycles. The molecule has 1 aromatic heterocycles. The van der Waals surface area contributed by atoms with E-state index in [9.17, 15) is 0 Å². The maximum absolute atomic E-state index is 5.71. The molecule has 0 atom stereocenters. The van der Waals surface area contributed by atoms with Gasteiger partial charge in [0.1, 0.15) is 5.82 Å². The molecule has 98 valence electrons. The SMILES string of the molecule is CCCNCc1nccn1CCOC(C)(C)C. The van der Waals surface area contributed by atoms with Gasteiger partial charge in [0, 0.05) is 18.9 Å². The molecule has 17 heavy (non-hydrogen) atoms. The quantitative estimate of drug-likeness (QED) is 0.741. The van der Waals surface area contributed by atoms with Crippen LogP contribution in [0.2, 0.25) is 0 Å². The second-order valence-electron chi connectivity index (χ2n) is 5.17.